The topological polar surface area (TPSA) is 50.4 Å². The smallest absolute Gasteiger partial charge is 0.250 e. The molecule has 0 saturated heterocycles. The molecule has 2 N–H and O–H groups in total. The van der Waals surface area contributed by atoms with Crippen molar-refractivity contribution >= 4 is 17.3 Å². The summed E-state index contributed by atoms with van der Waals surface area (Å²) >= 11 is 0. The molecule has 0 aromatic heterocycles. The maximum Gasteiger partial charge on any atom is 0.250 e. The molecule has 1 aromatic carbocycles. The van der Waals surface area contributed by atoms with Crippen molar-refractivity contribution in [3.63, 3.8) is 0 Å². The second-order valence-electron chi connectivity index (χ2n) is 5.29. The standard InChI is InChI=1S/C15H22N2O2/c1-11(8-12-6-7-12)16-13-4-3-5-14(9-13)17-15(18)10-19-2/h3-5,9,11-12,16H,6-8,10H2,1-2H3,(H,17,18). The number of hydrogen-bond donors (Lipinski definition) is 2. The molecule has 1 fully saturated rings. The summed E-state index contributed by atoms with van der Waals surface area (Å²) in [6, 6.07) is 8.27. The normalized spacial score (nSPS) is 15.9. The zero-order chi connectivity index (χ0) is 13.7. The highest BCUT2D eigenvalue weighted by Gasteiger charge is 2.23. The van der Waals surface area contributed by atoms with Crippen LogP contribution in [0.15, 0.2) is 24.3 Å². The van der Waals surface area contributed by atoms with Crippen molar-refractivity contribution in [3.8, 4) is 0 Å². The summed E-state index contributed by atoms with van der Waals surface area (Å²) < 4.78 is 4.79. The zero-order valence-electron chi connectivity index (χ0n) is 11.6. The Morgan fingerprint density at radius 2 is 2.16 bits per heavy atom. The van der Waals surface area contributed by atoms with Crippen molar-refractivity contribution in [2.45, 2.75) is 32.2 Å². The Balaban J connectivity index is 1.88. The van der Waals surface area contributed by atoms with Crippen LogP contribution in [0.4, 0.5) is 11.4 Å². The molecule has 1 aliphatic carbocycles. The van der Waals surface area contributed by atoms with Gasteiger partial charge >= 0.3 is 0 Å². The lowest BCUT2D eigenvalue weighted by atomic mass is 10.1. The number of methoxy groups -OCH3 is 1. The largest absolute Gasteiger partial charge is 0.383 e. The predicted molar refractivity (Wildman–Crippen MR) is 77.4 cm³/mol. The van der Waals surface area contributed by atoms with Gasteiger partial charge in [0.05, 0.1) is 0 Å². The van der Waals surface area contributed by atoms with Gasteiger partial charge in [-0.15, -0.1) is 0 Å². The summed E-state index contributed by atoms with van der Waals surface area (Å²) in [5, 5.41) is 6.28. The van der Waals surface area contributed by atoms with Crippen LogP contribution in [0, 0.1) is 5.92 Å². The third-order valence-corrected chi connectivity index (χ3v) is 3.22. The molecule has 1 saturated carbocycles. The van der Waals surface area contributed by atoms with Gasteiger partial charge in [-0.2, -0.15) is 0 Å². The minimum absolute atomic E-state index is 0.0791. The minimum Gasteiger partial charge on any atom is -0.383 e. The molecule has 1 amide bonds. The number of anilines is 2. The average molecular weight is 262 g/mol. The van der Waals surface area contributed by atoms with Crippen molar-refractivity contribution < 1.29 is 9.53 Å². The first kappa shape index (κ1) is 13.9. The van der Waals surface area contributed by atoms with Crippen LogP contribution in [0.1, 0.15) is 26.2 Å². The maximum absolute atomic E-state index is 11.4. The van der Waals surface area contributed by atoms with Gasteiger partial charge in [0.1, 0.15) is 6.61 Å². The van der Waals surface area contributed by atoms with Crippen LogP contribution in [-0.2, 0) is 9.53 Å². The first-order chi connectivity index (χ1) is 9.17. The van der Waals surface area contributed by atoms with Gasteiger partial charge in [-0.05, 0) is 37.5 Å². The lowest BCUT2D eigenvalue weighted by Crippen LogP contribution is -2.18. The van der Waals surface area contributed by atoms with Gasteiger partial charge in [-0.3, -0.25) is 4.79 Å². The number of nitrogens with one attached hydrogen (secondary N) is 2. The highest BCUT2D eigenvalue weighted by Crippen LogP contribution is 2.34. The van der Waals surface area contributed by atoms with Crippen LogP contribution in [0.25, 0.3) is 0 Å². The minimum atomic E-state index is -0.134. The number of amides is 1. The first-order valence-corrected chi connectivity index (χ1v) is 6.82. The molecule has 0 bridgehead atoms. The van der Waals surface area contributed by atoms with E-state index in [9.17, 15) is 4.79 Å². The lowest BCUT2D eigenvalue weighted by Gasteiger charge is -2.15. The van der Waals surface area contributed by atoms with Gasteiger partial charge in [-0.1, -0.05) is 18.9 Å². The molecule has 19 heavy (non-hydrogen) atoms. The van der Waals surface area contributed by atoms with Crippen molar-refractivity contribution in [2.75, 3.05) is 24.4 Å². The SMILES string of the molecule is COCC(=O)Nc1cccc(NC(C)CC2CC2)c1. The second-order valence-corrected chi connectivity index (χ2v) is 5.29. The molecular formula is C15H22N2O2. The van der Waals surface area contributed by atoms with Crippen molar-refractivity contribution in [1.29, 1.82) is 0 Å². The molecule has 0 aliphatic heterocycles. The molecule has 1 aliphatic rings. The Bertz CT molecular complexity index is 430. The zero-order valence-corrected chi connectivity index (χ0v) is 11.6. The van der Waals surface area contributed by atoms with E-state index in [-0.39, 0.29) is 12.5 Å². The number of ether oxygens (including phenoxy) is 1. The van der Waals surface area contributed by atoms with Gasteiger partial charge in [-0.25, -0.2) is 0 Å². The van der Waals surface area contributed by atoms with Crippen LogP contribution in [0.3, 0.4) is 0 Å². The summed E-state index contributed by atoms with van der Waals surface area (Å²) in [5.74, 6) is 0.776. The van der Waals surface area contributed by atoms with E-state index in [1.807, 2.05) is 24.3 Å². The molecule has 104 valence electrons. The average Bonchev–Trinajstić information content (AvgIpc) is 3.13. The quantitative estimate of drug-likeness (QED) is 0.794. The van der Waals surface area contributed by atoms with E-state index < -0.39 is 0 Å². The first-order valence-electron chi connectivity index (χ1n) is 6.82. The van der Waals surface area contributed by atoms with E-state index in [1.54, 1.807) is 0 Å². The Morgan fingerprint density at radius 1 is 1.42 bits per heavy atom. The lowest BCUT2D eigenvalue weighted by molar-refractivity contribution is -0.119. The third-order valence-electron chi connectivity index (χ3n) is 3.22. The Hall–Kier alpha value is -1.55. The summed E-state index contributed by atoms with van der Waals surface area (Å²) in [5.41, 5.74) is 1.84. The molecule has 1 atom stereocenters. The molecule has 0 heterocycles. The summed E-state index contributed by atoms with van der Waals surface area (Å²) in [6.07, 6.45) is 3.97. The fourth-order valence-electron chi connectivity index (χ4n) is 2.21. The van der Waals surface area contributed by atoms with Crippen molar-refractivity contribution in [3.05, 3.63) is 24.3 Å². The fraction of sp³-hybridized carbons (Fsp3) is 0.533. The molecule has 0 radical (unpaired) electrons. The van der Waals surface area contributed by atoms with Crippen LogP contribution in [0.5, 0.6) is 0 Å². The van der Waals surface area contributed by atoms with E-state index >= 15 is 0 Å². The van der Waals surface area contributed by atoms with Gasteiger partial charge in [0.25, 0.3) is 0 Å². The van der Waals surface area contributed by atoms with E-state index in [4.69, 9.17) is 4.74 Å². The van der Waals surface area contributed by atoms with Gasteiger partial charge in [0.15, 0.2) is 0 Å². The van der Waals surface area contributed by atoms with Gasteiger partial charge in [0.2, 0.25) is 5.91 Å². The van der Waals surface area contributed by atoms with E-state index in [0.29, 0.717) is 6.04 Å². The van der Waals surface area contributed by atoms with E-state index in [0.717, 1.165) is 17.3 Å². The van der Waals surface area contributed by atoms with Crippen molar-refractivity contribution in [1.82, 2.24) is 0 Å². The highest BCUT2D eigenvalue weighted by molar-refractivity contribution is 5.92. The second kappa shape index (κ2) is 6.57. The number of hydrogen-bond acceptors (Lipinski definition) is 3. The Kier molecular flexibility index (Phi) is 4.80. The maximum atomic E-state index is 11.4. The number of benzene rings is 1. The Morgan fingerprint density at radius 3 is 2.84 bits per heavy atom. The molecule has 1 aromatic rings. The van der Waals surface area contributed by atoms with E-state index in [1.165, 1.54) is 26.4 Å². The van der Waals surface area contributed by atoms with Gasteiger partial charge < -0.3 is 15.4 Å². The summed E-state index contributed by atoms with van der Waals surface area (Å²) in [6.45, 7) is 2.28. The van der Waals surface area contributed by atoms with Crippen molar-refractivity contribution in [2.24, 2.45) is 5.92 Å². The Labute approximate surface area is 114 Å². The highest BCUT2D eigenvalue weighted by atomic mass is 16.5. The monoisotopic (exact) mass is 262 g/mol. The van der Waals surface area contributed by atoms with Crippen LogP contribution in [-0.4, -0.2) is 25.7 Å². The van der Waals surface area contributed by atoms with Crippen LogP contribution in [0.2, 0.25) is 0 Å². The van der Waals surface area contributed by atoms with Crippen LogP contribution >= 0.6 is 0 Å². The molecule has 0 spiro atoms. The van der Waals surface area contributed by atoms with Crippen LogP contribution < -0.4 is 10.6 Å². The summed E-state index contributed by atoms with van der Waals surface area (Å²) in [4.78, 5) is 11.4. The number of rotatable bonds is 7. The van der Waals surface area contributed by atoms with Gasteiger partial charge in [0, 0.05) is 24.5 Å². The van der Waals surface area contributed by atoms with E-state index in [2.05, 4.69) is 17.6 Å². The molecule has 2 rings (SSSR count). The number of carbonyl (C=O) groups excluding carboxylic acids is 1. The third kappa shape index (κ3) is 4.91. The molecule has 1 unspecified atom stereocenters. The number of carbonyl (C=O) groups is 1. The summed E-state index contributed by atoms with van der Waals surface area (Å²) in [7, 11) is 1.51. The molecule has 4 nitrogen and oxygen atoms in total. The predicted octanol–water partition coefficient (Wildman–Crippen LogP) is 2.87. The fourth-order valence-corrected chi connectivity index (χ4v) is 2.21. The molecular weight excluding hydrogens is 240 g/mol. The molecule has 4 heteroatoms.